The lowest BCUT2D eigenvalue weighted by Gasteiger charge is -2.09. The lowest BCUT2D eigenvalue weighted by Crippen LogP contribution is -2.16. The van der Waals surface area contributed by atoms with Crippen LogP contribution in [-0.4, -0.2) is 23.4 Å². The number of carbonyl (C=O) groups is 2. The molecule has 0 aliphatic carbocycles. The number of amides is 1. The van der Waals surface area contributed by atoms with Crippen LogP contribution in [0.4, 0.5) is 10.7 Å². The first-order valence-electron chi connectivity index (χ1n) is 9.56. The maximum atomic E-state index is 12.8. The number of carbonyl (C=O) groups excluding carboxylic acids is 2. The van der Waals surface area contributed by atoms with Crippen molar-refractivity contribution in [3.8, 4) is 17.2 Å². The molecule has 0 saturated carbocycles. The van der Waals surface area contributed by atoms with E-state index in [-0.39, 0.29) is 28.4 Å². The molecule has 3 aromatic rings. The van der Waals surface area contributed by atoms with Crippen LogP contribution in [0, 0.1) is 21.4 Å². The van der Waals surface area contributed by atoms with Gasteiger partial charge in [0.1, 0.15) is 22.2 Å². The van der Waals surface area contributed by atoms with E-state index in [4.69, 9.17) is 16.3 Å². The number of ether oxygens (including phenoxy) is 1. The number of nitro groups is 1. The number of nitro benzene ring substituents is 1. The number of hydrogen-bond acceptors (Lipinski definition) is 7. The number of nitriles is 1. The number of halogens is 1. The highest BCUT2D eigenvalue weighted by molar-refractivity contribution is 7.15. The van der Waals surface area contributed by atoms with E-state index in [9.17, 15) is 25.0 Å². The summed E-state index contributed by atoms with van der Waals surface area (Å²) in [7, 11) is 0. The van der Waals surface area contributed by atoms with Gasteiger partial charge in [0.25, 0.3) is 11.6 Å². The van der Waals surface area contributed by atoms with Crippen molar-refractivity contribution in [1.29, 1.82) is 5.26 Å². The normalized spacial score (nSPS) is 10.9. The third-order valence-corrected chi connectivity index (χ3v) is 5.56. The second-order valence-electron chi connectivity index (χ2n) is 6.56. The Hall–Kier alpha value is -4.00. The van der Waals surface area contributed by atoms with E-state index < -0.39 is 16.8 Å². The Labute approximate surface area is 197 Å². The van der Waals surface area contributed by atoms with Crippen molar-refractivity contribution in [3.63, 3.8) is 0 Å². The molecule has 2 aromatic carbocycles. The average Bonchev–Trinajstić information content (AvgIpc) is 3.21. The molecular formula is C23H16ClN3O5S. The van der Waals surface area contributed by atoms with Crippen LogP contribution in [-0.2, 0) is 9.53 Å². The van der Waals surface area contributed by atoms with Crippen LogP contribution in [0.1, 0.15) is 22.8 Å². The van der Waals surface area contributed by atoms with E-state index in [2.05, 4.69) is 5.32 Å². The summed E-state index contributed by atoms with van der Waals surface area (Å²) in [5.74, 6) is -1.39. The fourth-order valence-corrected chi connectivity index (χ4v) is 3.99. The van der Waals surface area contributed by atoms with Crippen LogP contribution in [0.3, 0.4) is 0 Å². The number of hydrogen-bond donors (Lipinski definition) is 1. The first-order valence-corrected chi connectivity index (χ1v) is 10.8. The topological polar surface area (TPSA) is 122 Å². The summed E-state index contributed by atoms with van der Waals surface area (Å²) in [5.41, 5.74) is 1.27. The zero-order valence-electron chi connectivity index (χ0n) is 17.2. The van der Waals surface area contributed by atoms with E-state index in [1.807, 2.05) is 0 Å². The monoisotopic (exact) mass is 481 g/mol. The molecule has 1 N–H and O–H groups in total. The summed E-state index contributed by atoms with van der Waals surface area (Å²) in [6.07, 6.45) is 1.24. The van der Waals surface area contributed by atoms with Crippen molar-refractivity contribution in [2.75, 3.05) is 11.9 Å². The Morgan fingerprint density at radius 2 is 2.00 bits per heavy atom. The van der Waals surface area contributed by atoms with Crippen molar-refractivity contribution in [2.45, 2.75) is 6.92 Å². The van der Waals surface area contributed by atoms with E-state index in [0.717, 1.165) is 11.3 Å². The predicted octanol–water partition coefficient (Wildman–Crippen LogP) is 5.70. The maximum Gasteiger partial charge on any atom is 0.341 e. The number of rotatable bonds is 7. The summed E-state index contributed by atoms with van der Waals surface area (Å²) in [5, 5.41) is 25.5. The Morgan fingerprint density at radius 1 is 1.27 bits per heavy atom. The van der Waals surface area contributed by atoms with Gasteiger partial charge in [0.05, 0.1) is 11.5 Å². The summed E-state index contributed by atoms with van der Waals surface area (Å²) >= 11 is 7.06. The van der Waals surface area contributed by atoms with Crippen LogP contribution in [0.2, 0.25) is 5.02 Å². The fourth-order valence-electron chi connectivity index (χ4n) is 2.91. The zero-order chi connectivity index (χ0) is 24.0. The van der Waals surface area contributed by atoms with Crippen molar-refractivity contribution >= 4 is 51.6 Å². The predicted molar refractivity (Wildman–Crippen MR) is 126 cm³/mol. The minimum atomic E-state index is -0.765. The molecule has 8 nitrogen and oxygen atoms in total. The highest BCUT2D eigenvalue weighted by Gasteiger charge is 2.24. The van der Waals surface area contributed by atoms with Crippen molar-refractivity contribution in [3.05, 3.63) is 85.7 Å². The van der Waals surface area contributed by atoms with Gasteiger partial charge in [0, 0.05) is 28.1 Å². The highest BCUT2D eigenvalue weighted by Crippen LogP contribution is 2.37. The molecule has 1 heterocycles. The van der Waals surface area contributed by atoms with Crippen molar-refractivity contribution < 1.29 is 19.2 Å². The molecule has 0 atom stereocenters. The number of non-ortho nitro benzene ring substituents is 1. The molecule has 0 radical (unpaired) electrons. The lowest BCUT2D eigenvalue weighted by molar-refractivity contribution is -0.384. The Balaban J connectivity index is 1.96. The number of esters is 1. The second kappa shape index (κ2) is 10.5. The SMILES string of the molecule is CCOC(=O)c1c(-c2ccc(Cl)cc2)csc1NC(=O)C(C#N)=Cc1cccc([N+](=O)[O-])c1. The van der Waals surface area contributed by atoms with Crippen molar-refractivity contribution in [1.82, 2.24) is 0 Å². The Kier molecular flexibility index (Phi) is 7.56. The van der Waals surface area contributed by atoms with E-state index >= 15 is 0 Å². The van der Waals surface area contributed by atoms with Gasteiger partial charge >= 0.3 is 5.97 Å². The molecule has 0 bridgehead atoms. The van der Waals surface area contributed by atoms with Gasteiger partial charge in [-0.05, 0) is 36.3 Å². The van der Waals surface area contributed by atoms with E-state index in [1.165, 1.54) is 30.3 Å². The van der Waals surface area contributed by atoms with E-state index in [0.29, 0.717) is 21.7 Å². The van der Waals surface area contributed by atoms with Gasteiger partial charge in [-0.2, -0.15) is 5.26 Å². The first kappa shape index (κ1) is 23.7. The molecule has 1 amide bonds. The number of thiophene rings is 1. The Bertz CT molecular complexity index is 1290. The van der Waals surface area contributed by atoms with Gasteiger partial charge in [-0.25, -0.2) is 4.79 Å². The van der Waals surface area contributed by atoms with E-state index in [1.54, 1.807) is 42.6 Å². The molecule has 1 aromatic heterocycles. The molecule has 0 aliphatic heterocycles. The number of nitrogens with zero attached hydrogens (tertiary/aromatic N) is 2. The third-order valence-electron chi connectivity index (χ3n) is 4.41. The van der Waals surface area contributed by atoms with Crippen LogP contribution >= 0.6 is 22.9 Å². The van der Waals surface area contributed by atoms with Gasteiger partial charge in [0.15, 0.2) is 0 Å². The number of anilines is 1. The first-order chi connectivity index (χ1) is 15.8. The molecular weight excluding hydrogens is 466 g/mol. The molecule has 166 valence electrons. The standard InChI is InChI=1S/C23H16ClN3O5S/c1-2-32-23(29)20-19(15-6-8-17(24)9-7-15)13-33-22(20)26-21(28)16(12-25)10-14-4-3-5-18(11-14)27(30)31/h3-11,13H,2H2,1H3,(H,26,28). The fraction of sp³-hybridized carbons (Fsp3) is 0.0870. The summed E-state index contributed by atoms with van der Waals surface area (Å²) in [6.45, 7) is 1.80. The second-order valence-corrected chi connectivity index (χ2v) is 7.87. The average molecular weight is 482 g/mol. The van der Waals surface area contributed by atoms with Gasteiger partial charge in [-0.15, -0.1) is 11.3 Å². The molecule has 10 heteroatoms. The van der Waals surface area contributed by atoms with Crippen LogP contribution in [0.25, 0.3) is 17.2 Å². The molecule has 0 aliphatic rings. The van der Waals surface area contributed by atoms with Crippen LogP contribution in [0.5, 0.6) is 0 Å². The number of benzene rings is 2. The molecule has 33 heavy (non-hydrogen) atoms. The molecule has 0 spiro atoms. The summed E-state index contributed by atoms with van der Waals surface area (Å²) in [4.78, 5) is 35.9. The van der Waals surface area contributed by atoms with Gasteiger partial charge in [-0.1, -0.05) is 35.9 Å². The number of nitrogens with one attached hydrogen (secondary N) is 1. The molecule has 0 saturated heterocycles. The summed E-state index contributed by atoms with van der Waals surface area (Å²) < 4.78 is 5.16. The van der Waals surface area contributed by atoms with Gasteiger partial charge in [-0.3, -0.25) is 14.9 Å². The van der Waals surface area contributed by atoms with Crippen LogP contribution in [0.15, 0.2) is 59.5 Å². The Morgan fingerprint density at radius 3 is 2.64 bits per heavy atom. The third kappa shape index (κ3) is 5.63. The molecule has 0 fully saturated rings. The van der Waals surface area contributed by atoms with Gasteiger partial charge < -0.3 is 10.1 Å². The largest absolute Gasteiger partial charge is 0.462 e. The minimum Gasteiger partial charge on any atom is -0.462 e. The lowest BCUT2D eigenvalue weighted by atomic mass is 10.0. The minimum absolute atomic E-state index is 0.137. The zero-order valence-corrected chi connectivity index (χ0v) is 18.8. The maximum absolute atomic E-state index is 12.8. The van der Waals surface area contributed by atoms with Gasteiger partial charge in [0.2, 0.25) is 0 Å². The highest BCUT2D eigenvalue weighted by atomic mass is 35.5. The van der Waals surface area contributed by atoms with Crippen molar-refractivity contribution in [2.24, 2.45) is 0 Å². The quantitative estimate of drug-likeness (QED) is 0.152. The molecule has 0 unspecified atom stereocenters. The summed E-state index contributed by atoms with van der Waals surface area (Å²) in [6, 6.07) is 14.2. The van der Waals surface area contributed by atoms with Crippen LogP contribution < -0.4 is 5.32 Å². The molecule has 3 rings (SSSR count). The smallest absolute Gasteiger partial charge is 0.341 e.